The van der Waals surface area contributed by atoms with E-state index in [1.807, 2.05) is 65.0 Å². The zero-order chi connectivity index (χ0) is 19.3. The molecule has 0 N–H and O–H groups in total. The van der Waals surface area contributed by atoms with E-state index in [2.05, 4.69) is 0 Å². The molecule has 1 aromatic rings. The highest BCUT2D eigenvalue weighted by Gasteiger charge is 2.44. The summed E-state index contributed by atoms with van der Waals surface area (Å²) in [4.78, 5) is 12.5. The third-order valence-corrected chi connectivity index (χ3v) is 4.64. The lowest BCUT2D eigenvalue weighted by atomic mass is 9.98. The minimum Gasteiger partial charge on any atom is -0.460 e. The third kappa shape index (κ3) is 5.79. The summed E-state index contributed by atoms with van der Waals surface area (Å²) in [6.07, 6.45) is 0.000396. The van der Waals surface area contributed by atoms with Crippen molar-refractivity contribution in [1.29, 1.82) is 0 Å². The molecule has 1 aromatic carbocycles. The van der Waals surface area contributed by atoms with E-state index in [0.29, 0.717) is 13.0 Å². The van der Waals surface area contributed by atoms with E-state index in [1.165, 1.54) is 0 Å². The molecule has 26 heavy (non-hydrogen) atoms. The molecule has 0 aromatic heterocycles. The van der Waals surface area contributed by atoms with E-state index in [9.17, 15) is 4.79 Å². The van der Waals surface area contributed by atoms with Crippen LogP contribution in [0.3, 0.4) is 0 Å². The van der Waals surface area contributed by atoms with Crippen LogP contribution >= 0.6 is 0 Å². The summed E-state index contributed by atoms with van der Waals surface area (Å²) in [7, 11) is 1.67. The number of rotatable bonds is 7. The minimum atomic E-state index is -0.524. The molecule has 146 valence electrons. The van der Waals surface area contributed by atoms with Crippen molar-refractivity contribution in [2.24, 2.45) is 5.92 Å². The molecule has 5 atom stereocenters. The molecule has 0 radical (unpaired) electrons. The van der Waals surface area contributed by atoms with E-state index >= 15 is 0 Å². The van der Waals surface area contributed by atoms with Gasteiger partial charge < -0.3 is 18.9 Å². The van der Waals surface area contributed by atoms with E-state index in [1.54, 1.807) is 7.11 Å². The van der Waals surface area contributed by atoms with Gasteiger partial charge in [-0.05, 0) is 40.2 Å². The first-order valence-corrected chi connectivity index (χ1v) is 9.28. The van der Waals surface area contributed by atoms with E-state index < -0.39 is 11.5 Å². The zero-order valence-electron chi connectivity index (χ0n) is 16.7. The molecule has 1 aliphatic heterocycles. The van der Waals surface area contributed by atoms with Crippen molar-refractivity contribution < 1.29 is 23.7 Å². The molecule has 0 bridgehead atoms. The maximum Gasteiger partial charge on any atom is 0.311 e. The predicted octanol–water partition coefficient (Wildman–Crippen LogP) is 3.74. The van der Waals surface area contributed by atoms with Crippen molar-refractivity contribution in [3.8, 4) is 0 Å². The predicted molar refractivity (Wildman–Crippen MR) is 99.8 cm³/mol. The monoisotopic (exact) mass is 364 g/mol. The van der Waals surface area contributed by atoms with Gasteiger partial charge in [0.1, 0.15) is 5.60 Å². The fourth-order valence-electron chi connectivity index (χ4n) is 3.07. The summed E-state index contributed by atoms with van der Waals surface area (Å²) < 4.78 is 23.3. The Labute approximate surface area is 157 Å². The Kier molecular flexibility index (Phi) is 7.21. The number of methoxy groups -OCH3 is 1. The molecular weight excluding hydrogens is 332 g/mol. The maximum atomic E-state index is 12.5. The number of hydrogen-bond acceptors (Lipinski definition) is 5. The van der Waals surface area contributed by atoms with Gasteiger partial charge in [0.25, 0.3) is 0 Å². The van der Waals surface area contributed by atoms with Crippen molar-refractivity contribution >= 4 is 5.97 Å². The lowest BCUT2D eigenvalue weighted by molar-refractivity contribution is -0.168. The second kappa shape index (κ2) is 8.98. The normalized spacial score (nSPS) is 25.7. The Balaban J connectivity index is 2.06. The summed E-state index contributed by atoms with van der Waals surface area (Å²) in [5.41, 5.74) is 0.572. The Hall–Kier alpha value is -1.43. The first-order valence-electron chi connectivity index (χ1n) is 9.28. The Morgan fingerprint density at radius 1 is 1.23 bits per heavy atom. The molecule has 0 amide bonds. The molecule has 0 aliphatic carbocycles. The number of carbonyl (C=O) groups excluding carboxylic acids is 1. The van der Waals surface area contributed by atoms with Crippen LogP contribution in [-0.4, -0.2) is 43.1 Å². The van der Waals surface area contributed by atoms with Crippen LogP contribution in [0.25, 0.3) is 0 Å². The van der Waals surface area contributed by atoms with Gasteiger partial charge in [-0.2, -0.15) is 0 Å². The molecule has 1 saturated heterocycles. The number of esters is 1. The van der Waals surface area contributed by atoms with Gasteiger partial charge in [0.2, 0.25) is 0 Å². The lowest BCUT2D eigenvalue weighted by Crippen LogP contribution is -2.39. The Morgan fingerprint density at radius 3 is 2.46 bits per heavy atom. The van der Waals surface area contributed by atoms with Gasteiger partial charge in [-0.3, -0.25) is 4.79 Å². The molecule has 0 spiro atoms. The smallest absolute Gasteiger partial charge is 0.311 e. The topological polar surface area (TPSA) is 54.0 Å². The molecule has 2 rings (SSSR count). The highest BCUT2D eigenvalue weighted by atomic mass is 16.6. The molecule has 1 aliphatic rings. The average molecular weight is 364 g/mol. The summed E-state index contributed by atoms with van der Waals surface area (Å²) in [6.45, 7) is 9.91. The number of ether oxygens (including phenoxy) is 4. The van der Waals surface area contributed by atoms with Gasteiger partial charge in [-0.1, -0.05) is 30.3 Å². The van der Waals surface area contributed by atoms with E-state index in [-0.39, 0.29) is 30.4 Å². The number of carbonyl (C=O) groups is 1. The van der Waals surface area contributed by atoms with E-state index in [4.69, 9.17) is 18.9 Å². The van der Waals surface area contributed by atoms with Crippen molar-refractivity contribution in [2.75, 3.05) is 7.11 Å². The highest BCUT2D eigenvalue weighted by molar-refractivity contribution is 5.73. The fourth-order valence-corrected chi connectivity index (χ4v) is 3.07. The van der Waals surface area contributed by atoms with Crippen LogP contribution in [0.1, 0.15) is 46.6 Å². The molecule has 5 heteroatoms. The standard InChI is InChI=1S/C21H32O5/c1-14(20(22)26-21(3,4)5)19-18(12-17(25-19)15(2)23-6)24-13-16-10-8-7-9-11-16/h7-11,14-15,17-19H,12-13H2,1-6H3/t14?,15-,17-,18-,19?/m1/s1. The van der Waals surface area contributed by atoms with Crippen LogP contribution in [0.4, 0.5) is 0 Å². The highest BCUT2D eigenvalue weighted by Crippen LogP contribution is 2.32. The van der Waals surface area contributed by atoms with Crippen LogP contribution in [-0.2, 0) is 30.3 Å². The average Bonchev–Trinajstić information content (AvgIpc) is 3.02. The van der Waals surface area contributed by atoms with Gasteiger partial charge in [0.05, 0.1) is 36.9 Å². The number of hydrogen-bond donors (Lipinski definition) is 0. The number of benzene rings is 1. The van der Waals surface area contributed by atoms with Gasteiger partial charge in [0, 0.05) is 13.5 Å². The SMILES string of the molecule is CO[C@H](C)[C@H]1C[C@@H](OCc2ccccc2)C(C(C)C(=O)OC(C)(C)C)O1. The van der Waals surface area contributed by atoms with Crippen LogP contribution in [0.5, 0.6) is 0 Å². The van der Waals surface area contributed by atoms with Crippen molar-refractivity contribution in [3.05, 3.63) is 35.9 Å². The van der Waals surface area contributed by atoms with Crippen molar-refractivity contribution in [1.82, 2.24) is 0 Å². The van der Waals surface area contributed by atoms with Gasteiger partial charge >= 0.3 is 5.97 Å². The lowest BCUT2D eigenvalue weighted by Gasteiger charge is -2.28. The van der Waals surface area contributed by atoms with Gasteiger partial charge in [-0.25, -0.2) is 0 Å². The Morgan fingerprint density at radius 2 is 1.88 bits per heavy atom. The van der Waals surface area contributed by atoms with Crippen molar-refractivity contribution in [2.45, 2.75) is 77.7 Å². The zero-order valence-corrected chi connectivity index (χ0v) is 16.7. The largest absolute Gasteiger partial charge is 0.460 e. The van der Waals surface area contributed by atoms with E-state index in [0.717, 1.165) is 5.56 Å². The van der Waals surface area contributed by atoms with Crippen molar-refractivity contribution in [3.63, 3.8) is 0 Å². The molecule has 1 heterocycles. The first-order chi connectivity index (χ1) is 12.2. The molecule has 2 unspecified atom stereocenters. The molecular formula is C21H32O5. The summed E-state index contributed by atoms with van der Waals surface area (Å²) in [5, 5.41) is 0. The van der Waals surface area contributed by atoms with Crippen LogP contribution in [0.15, 0.2) is 30.3 Å². The minimum absolute atomic E-state index is 0.0614. The van der Waals surface area contributed by atoms with Gasteiger partial charge in [-0.15, -0.1) is 0 Å². The molecule has 5 nitrogen and oxygen atoms in total. The summed E-state index contributed by atoms with van der Waals surface area (Å²) >= 11 is 0. The second-order valence-corrected chi connectivity index (χ2v) is 7.97. The van der Waals surface area contributed by atoms with Gasteiger partial charge in [0.15, 0.2) is 0 Å². The summed E-state index contributed by atoms with van der Waals surface area (Å²) in [6, 6.07) is 10.0. The Bertz CT molecular complexity index is 566. The molecule has 0 saturated carbocycles. The third-order valence-electron chi connectivity index (χ3n) is 4.64. The first kappa shape index (κ1) is 20.9. The van der Waals surface area contributed by atoms with Crippen LogP contribution in [0.2, 0.25) is 0 Å². The van der Waals surface area contributed by atoms with Crippen LogP contribution < -0.4 is 0 Å². The fraction of sp³-hybridized carbons (Fsp3) is 0.667. The maximum absolute atomic E-state index is 12.5. The van der Waals surface area contributed by atoms with Crippen LogP contribution in [0, 0.1) is 5.92 Å². The molecule has 1 fully saturated rings. The quantitative estimate of drug-likeness (QED) is 0.690. The second-order valence-electron chi connectivity index (χ2n) is 7.97. The summed E-state index contributed by atoms with van der Waals surface area (Å²) in [5.74, 6) is -0.675.